The molecule has 1 atom stereocenters. The zero-order valence-electron chi connectivity index (χ0n) is 18.2. The largest absolute Gasteiger partial charge is 0.507 e. The maximum absolute atomic E-state index is 15.0. The number of anilines is 1. The van der Waals surface area contributed by atoms with E-state index in [1.54, 1.807) is 24.3 Å². The summed E-state index contributed by atoms with van der Waals surface area (Å²) in [6.45, 7) is 3.80. The van der Waals surface area contributed by atoms with Gasteiger partial charge in [-0.1, -0.05) is 35.9 Å². The number of rotatable bonds is 4. The van der Waals surface area contributed by atoms with Crippen molar-refractivity contribution in [1.82, 2.24) is 0 Å². The predicted molar refractivity (Wildman–Crippen MR) is 125 cm³/mol. The number of methoxy groups -OCH3 is 1. The van der Waals surface area contributed by atoms with Crippen molar-refractivity contribution in [2.75, 3.05) is 12.0 Å². The van der Waals surface area contributed by atoms with E-state index in [9.17, 15) is 19.1 Å². The van der Waals surface area contributed by atoms with Gasteiger partial charge in [-0.15, -0.1) is 0 Å². The van der Waals surface area contributed by atoms with E-state index in [1.165, 1.54) is 42.3 Å². The summed E-state index contributed by atoms with van der Waals surface area (Å²) in [4.78, 5) is 27.6. The zero-order valence-corrected chi connectivity index (χ0v) is 19.0. The van der Waals surface area contributed by atoms with Crippen molar-refractivity contribution in [1.29, 1.82) is 0 Å². The van der Waals surface area contributed by atoms with E-state index in [0.717, 1.165) is 11.1 Å². The van der Waals surface area contributed by atoms with E-state index in [4.69, 9.17) is 16.3 Å². The first kappa shape index (κ1) is 22.6. The number of hydrogen-bond donors (Lipinski definition) is 1. The third-order valence-corrected chi connectivity index (χ3v) is 6.17. The highest BCUT2D eigenvalue weighted by molar-refractivity contribution is 6.52. The van der Waals surface area contributed by atoms with Crippen molar-refractivity contribution in [2.24, 2.45) is 0 Å². The van der Waals surface area contributed by atoms with Gasteiger partial charge in [0.25, 0.3) is 11.7 Å². The molecule has 5 nitrogen and oxygen atoms in total. The molecule has 1 aliphatic rings. The van der Waals surface area contributed by atoms with Crippen LogP contribution in [0, 0.1) is 19.7 Å². The van der Waals surface area contributed by atoms with Crippen LogP contribution in [0.2, 0.25) is 5.02 Å². The highest BCUT2D eigenvalue weighted by atomic mass is 35.5. The average molecular weight is 466 g/mol. The molecule has 4 rings (SSSR count). The minimum Gasteiger partial charge on any atom is -0.507 e. The first-order chi connectivity index (χ1) is 15.7. The molecule has 0 bridgehead atoms. The Labute approximate surface area is 195 Å². The molecule has 33 heavy (non-hydrogen) atoms. The molecule has 0 aliphatic carbocycles. The van der Waals surface area contributed by atoms with Gasteiger partial charge >= 0.3 is 0 Å². The standard InChI is InChI=1S/C26H21ClFNO4/c1-14-8-9-16(12-15(14)2)29-23(18-6-4-5-7-21(18)28)22(25(31)26(29)32)24(30)19-13-17(33-3)10-11-20(19)27/h4-13,23,30H,1-3H3/b24-22+. The van der Waals surface area contributed by atoms with Crippen LogP contribution < -0.4 is 9.64 Å². The third kappa shape index (κ3) is 3.87. The smallest absolute Gasteiger partial charge is 0.300 e. The van der Waals surface area contributed by atoms with Gasteiger partial charge in [0.15, 0.2) is 0 Å². The lowest BCUT2D eigenvalue weighted by Gasteiger charge is -2.26. The van der Waals surface area contributed by atoms with Gasteiger partial charge in [-0.05, 0) is 61.4 Å². The maximum atomic E-state index is 15.0. The molecule has 7 heteroatoms. The molecule has 1 saturated heterocycles. The Bertz CT molecular complexity index is 1320. The first-order valence-electron chi connectivity index (χ1n) is 10.2. The van der Waals surface area contributed by atoms with Gasteiger partial charge in [-0.3, -0.25) is 14.5 Å². The van der Waals surface area contributed by atoms with Gasteiger partial charge in [0.1, 0.15) is 17.3 Å². The molecule has 0 saturated carbocycles. The van der Waals surface area contributed by atoms with E-state index < -0.39 is 29.3 Å². The predicted octanol–water partition coefficient (Wildman–Crippen LogP) is 5.73. The quantitative estimate of drug-likeness (QED) is 0.303. The zero-order chi connectivity index (χ0) is 23.9. The molecule has 1 N–H and O–H groups in total. The molecule has 1 aliphatic heterocycles. The molecule has 0 aromatic heterocycles. The Hall–Kier alpha value is -3.64. The molecule has 1 heterocycles. The van der Waals surface area contributed by atoms with Crippen LogP contribution in [-0.4, -0.2) is 23.9 Å². The van der Waals surface area contributed by atoms with Crippen LogP contribution in [0.4, 0.5) is 10.1 Å². The Kier molecular flexibility index (Phi) is 5.95. The Morgan fingerprint density at radius 2 is 1.76 bits per heavy atom. The molecule has 0 spiro atoms. The number of hydrogen-bond acceptors (Lipinski definition) is 4. The molecule has 3 aromatic carbocycles. The SMILES string of the molecule is COc1ccc(Cl)c(/C(O)=C2\C(=O)C(=O)N(c3ccc(C)c(C)c3)C2c2ccccc2F)c1. The topological polar surface area (TPSA) is 66.8 Å². The van der Waals surface area contributed by atoms with Gasteiger partial charge in [-0.2, -0.15) is 0 Å². The van der Waals surface area contributed by atoms with Crippen molar-refractivity contribution in [2.45, 2.75) is 19.9 Å². The monoisotopic (exact) mass is 465 g/mol. The number of halogens is 2. The lowest BCUT2D eigenvalue weighted by molar-refractivity contribution is -0.132. The third-order valence-electron chi connectivity index (χ3n) is 5.84. The van der Waals surface area contributed by atoms with Gasteiger partial charge in [0.05, 0.1) is 23.7 Å². The van der Waals surface area contributed by atoms with E-state index in [2.05, 4.69) is 0 Å². The molecule has 168 valence electrons. The number of aliphatic hydroxyl groups excluding tert-OH is 1. The van der Waals surface area contributed by atoms with E-state index in [-0.39, 0.29) is 21.7 Å². The Morgan fingerprint density at radius 1 is 1.03 bits per heavy atom. The summed E-state index contributed by atoms with van der Waals surface area (Å²) >= 11 is 6.29. The number of aliphatic hydroxyl groups is 1. The molecule has 1 unspecified atom stereocenters. The number of Topliss-reactive ketones (excluding diaryl/α,β-unsaturated/α-hetero) is 1. The fraction of sp³-hybridized carbons (Fsp3) is 0.154. The lowest BCUT2D eigenvalue weighted by Crippen LogP contribution is -2.30. The molecular formula is C26H21ClFNO4. The summed E-state index contributed by atoms with van der Waals surface area (Å²) in [5, 5.41) is 11.4. The Balaban J connectivity index is 2.01. The van der Waals surface area contributed by atoms with Crippen LogP contribution in [0.25, 0.3) is 5.76 Å². The number of ketones is 1. The van der Waals surface area contributed by atoms with Crippen molar-refractivity contribution in [3.8, 4) is 5.75 Å². The van der Waals surface area contributed by atoms with Gasteiger partial charge in [0.2, 0.25) is 0 Å². The van der Waals surface area contributed by atoms with Crippen LogP contribution in [0.15, 0.2) is 66.2 Å². The minimum absolute atomic E-state index is 0.0792. The average Bonchev–Trinajstić information content (AvgIpc) is 3.06. The number of carbonyl (C=O) groups is 2. The lowest BCUT2D eigenvalue weighted by atomic mass is 9.94. The summed E-state index contributed by atoms with van der Waals surface area (Å²) in [6, 6.07) is 14.5. The van der Waals surface area contributed by atoms with Crippen LogP contribution in [-0.2, 0) is 9.59 Å². The van der Waals surface area contributed by atoms with Crippen LogP contribution in [0.3, 0.4) is 0 Å². The van der Waals surface area contributed by atoms with Gasteiger partial charge < -0.3 is 9.84 Å². The van der Waals surface area contributed by atoms with Crippen LogP contribution >= 0.6 is 11.6 Å². The summed E-state index contributed by atoms with van der Waals surface area (Å²) in [5.74, 6) is -2.52. The molecule has 1 fully saturated rings. The normalized spacial score (nSPS) is 17.5. The summed E-state index contributed by atoms with van der Waals surface area (Å²) in [7, 11) is 1.45. The van der Waals surface area contributed by atoms with E-state index in [1.807, 2.05) is 19.9 Å². The Morgan fingerprint density at radius 3 is 2.42 bits per heavy atom. The van der Waals surface area contributed by atoms with Crippen LogP contribution in [0.5, 0.6) is 5.75 Å². The fourth-order valence-corrected chi connectivity index (χ4v) is 4.13. The highest BCUT2D eigenvalue weighted by Gasteiger charge is 2.48. The maximum Gasteiger partial charge on any atom is 0.300 e. The number of aryl methyl sites for hydroxylation is 2. The second-order valence-electron chi connectivity index (χ2n) is 7.80. The van der Waals surface area contributed by atoms with Crippen molar-refractivity contribution in [3.63, 3.8) is 0 Å². The summed E-state index contributed by atoms with van der Waals surface area (Å²) in [5.41, 5.74) is 2.26. The number of nitrogens with zero attached hydrogens (tertiary/aromatic N) is 1. The summed E-state index contributed by atoms with van der Waals surface area (Å²) < 4.78 is 20.2. The van der Waals surface area contributed by atoms with Gasteiger partial charge in [0, 0.05) is 16.8 Å². The first-order valence-corrected chi connectivity index (χ1v) is 10.6. The fourth-order valence-electron chi connectivity index (χ4n) is 3.92. The van der Waals surface area contributed by atoms with E-state index >= 15 is 0 Å². The van der Waals surface area contributed by atoms with E-state index in [0.29, 0.717) is 11.4 Å². The minimum atomic E-state index is -1.18. The summed E-state index contributed by atoms with van der Waals surface area (Å²) in [6.07, 6.45) is 0. The van der Waals surface area contributed by atoms with Gasteiger partial charge in [-0.25, -0.2) is 4.39 Å². The highest BCUT2D eigenvalue weighted by Crippen LogP contribution is 2.44. The molecule has 0 radical (unpaired) electrons. The van der Waals surface area contributed by atoms with Crippen molar-refractivity contribution < 1.29 is 23.8 Å². The number of benzene rings is 3. The van der Waals surface area contributed by atoms with Crippen molar-refractivity contribution >= 4 is 34.7 Å². The molecule has 1 amide bonds. The van der Waals surface area contributed by atoms with Crippen LogP contribution in [0.1, 0.15) is 28.3 Å². The number of ether oxygens (including phenoxy) is 1. The second-order valence-corrected chi connectivity index (χ2v) is 8.21. The number of amides is 1. The molecule has 3 aromatic rings. The molecular weight excluding hydrogens is 445 g/mol. The number of carbonyl (C=O) groups excluding carboxylic acids is 2. The second kappa shape index (κ2) is 8.71. The van der Waals surface area contributed by atoms with Crippen molar-refractivity contribution in [3.05, 3.63) is 99.3 Å².